The maximum Gasteiger partial charge on any atom is 0.254 e. The molecule has 2 aliphatic rings. The van der Waals surface area contributed by atoms with Crippen LogP contribution in [0.25, 0.3) is 0 Å². The highest BCUT2D eigenvalue weighted by Crippen LogP contribution is 2.39. The Morgan fingerprint density at radius 2 is 2.14 bits per heavy atom. The Morgan fingerprint density at radius 1 is 1.43 bits per heavy atom. The minimum absolute atomic E-state index is 0.0413. The Bertz CT molecular complexity index is 504. The first-order valence-corrected chi connectivity index (χ1v) is 7.86. The molecule has 1 heterocycles. The number of rotatable bonds is 6. The third kappa shape index (κ3) is 2.95. The molecular formula is C15H23N3O3. The van der Waals surface area contributed by atoms with Gasteiger partial charge >= 0.3 is 0 Å². The molecule has 0 radical (unpaired) electrons. The summed E-state index contributed by atoms with van der Waals surface area (Å²) < 4.78 is 11.0. The van der Waals surface area contributed by atoms with Gasteiger partial charge in [0, 0.05) is 19.6 Å². The Kier molecular flexibility index (Phi) is 3.97. The van der Waals surface area contributed by atoms with Crippen LogP contribution in [0.3, 0.4) is 0 Å². The minimum Gasteiger partial charge on any atom is -0.365 e. The van der Waals surface area contributed by atoms with Crippen LogP contribution in [0.5, 0.6) is 0 Å². The topological polar surface area (TPSA) is 68.5 Å². The van der Waals surface area contributed by atoms with Gasteiger partial charge in [-0.1, -0.05) is 5.16 Å². The molecule has 21 heavy (non-hydrogen) atoms. The summed E-state index contributed by atoms with van der Waals surface area (Å²) in [5, 5.41) is 3.97. The van der Waals surface area contributed by atoms with Gasteiger partial charge in [-0.3, -0.25) is 4.79 Å². The molecule has 0 bridgehead atoms. The minimum atomic E-state index is -0.632. The average molecular weight is 293 g/mol. The number of carbonyl (C=O) groups excluding carboxylic acids is 1. The van der Waals surface area contributed by atoms with Crippen molar-refractivity contribution in [1.82, 2.24) is 15.0 Å². The predicted octanol–water partition coefficient (Wildman–Crippen LogP) is 2.25. The van der Waals surface area contributed by atoms with E-state index >= 15 is 0 Å². The fourth-order valence-electron chi connectivity index (χ4n) is 3.10. The van der Waals surface area contributed by atoms with E-state index in [2.05, 4.69) is 10.1 Å². The summed E-state index contributed by atoms with van der Waals surface area (Å²) in [6.07, 6.45) is 5.97. The lowest BCUT2D eigenvalue weighted by molar-refractivity contribution is -0.156. The van der Waals surface area contributed by atoms with Gasteiger partial charge in [0.15, 0.2) is 5.82 Å². The molecule has 0 aliphatic heterocycles. The Balaban J connectivity index is 1.65. The molecule has 116 valence electrons. The van der Waals surface area contributed by atoms with Crippen molar-refractivity contribution in [3.8, 4) is 0 Å². The van der Waals surface area contributed by atoms with Gasteiger partial charge in [-0.2, -0.15) is 4.98 Å². The number of aromatic nitrogens is 2. The van der Waals surface area contributed by atoms with E-state index in [9.17, 15) is 4.79 Å². The van der Waals surface area contributed by atoms with Gasteiger partial charge in [-0.25, -0.2) is 0 Å². The van der Waals surface area contributed by atoms with Gasteiger partial charge in [0.1, 0.15) is 5.60 Å². The molecule has 2 saturated carbocycles. The number of nitrogens with zero attached hydrogens (tertiary/aromatic N) is 3. The lowest BCUT2D eigenvalue weighted by Gasteiger charge is -2.31. The fourth-order valence-corrected chi connectivity index (χ4v) is 3.10. The lowest BCUT2D eigenvalue weighted by atomic mass is 10.00. The van der Waals surface area contributed by atoms with Crippen LogP contribution in [-0.4, -0.2) is 40.2 Å². The summed E-state index contributed by atoms with van der Waals surface area (Å²) in [6, 6.07) is 0. The van der Waals surface area contributed by atoms with Crippen LogP contribution in [0.1, 0.15) is 63.1 Å². The standard InChI is InChI=1S/C15H23N3O3/c1-3-20-15(8-4-5-9-15)14(19)18(2)10-12-16-13(21-17-12)11-6-7-11/h11H,3-10H2,1-2H3. The summed E-state index contributed by atoms with van der Waals surface area (Å²) in [5.74, 6) is 1.78. The summed E-state index contributed by atoms with van der Waals surface area (Å²) in [6.45, 7) is 2.88. The first-order chi connectivity index (χ1) is 10.1. The Hall–Kier alpha value is -1.43. The quantitative estimate of drug-likeness (QED) is 0.804. The van der Waals surface area contributed by atoms with E-state index in [1.54, 1.807) is 11.9 Å². The molecule has 0 aromatic carbocycles. The van der Waals surface area contributed by atoms with Crippen LogP contribution < -0.4 is 0 Å². The summed E-state index contributed by atoms with van der Waals surface area (Å²) in [4.78, 5) is 18.8. The van der Waals surface area contributed by atoms with Crippen LogP contribution in [0, 0.1) is 0 Å². The molecule has 0 unspecified atom stereocenters. The van der Waals surface area contributed by atoms with Crippen LogP contribution in [0.2, 0.25) is 0 Å². The molecule has 0 atom stereocenters. The lowest BCUT2D eigenvalue weighted by Crippen LogP contribution is -2.47. The fraction of sp³-hybridized carbons (Fsp3) is 0.800. The van der Waals surface area contributed by atoms with Crippen molar-refractivity contribution < 1.29 is 14.1 Å². The number of ether oxygens (including phenoxy) is 1. The largest absolute Gasteiger partial charge is 0.365 e. The number of carbonyl (C=O) groups is 1. The molecule has 1 amide bonds. The van der Waals surface area contributed by atoms with Crippen molar-refractivity contribution in [2.24, 2.45) is 0 Å². The monoisotopic (exact) mass is 293 g/mol. The molecule has 0 N–H and O–H groups in total. The normalized spacial score (nSPS) is 20.7. The highest BCUT2D eigenvalue weighted by Gasteiger charge is 2.43. The molecule has 1 aromatic heterocycles. The molecule has 3 rings (SSSR count). The highest BCUT2D eigenvalue weighted by molar-refractivity contribution is 5.85. The average Bonchev–Trinajstić information content (AvgIpc) is 3.04. The zero-order valence-corrected chi connectivity index (χ0v) is 12.8. The maximum absolute atomic E-state index is 12.7. The number of likely N-dealkylation sites (N-methyl/N-ethyl adjacent to an activating group) is 1. The maximum atomic E-state index is 12.7. The number of amides is 1. The zero-order valence-electron chi connectivity index (χ0n) is 12.8. The van der Waals surface area contributed by atoms with E-state index in [0.29, 0.717) is 30.8 Å². The molecule has 1 aromatic rings. The van der Waals surface area contributed by atoms with Gasteiger partial charge < -0.3 is 14.2 Å². The summed E-state index contributed by atoms with van der Waals surface area (Å²) in [5.41, 5.74) is -0.632. The van der Waals surface area contributed by atoms with E-state index in [4.69, 9.17) is 9.26 Å². The van der Waals surface area contributed by atoms with Gasteiger partial charge in [0.2, 0.25) is 5.89 Å². The second-order valence-corrected chi connectivity index (χ2v) is 6.12. The van der Waals surface area contributed by atoms with Crippen LogP contribution >= 0.6 is 0 Å². The molecule has 6 heteroatoms. The third-order valence-electron chi connectivity index (χ3n) is 4.36. The smallest absolute Gasteiger partial charge is 0.254 e. The first kappa shape index (κ1) is 14.5. The van der Waals surface area contributed by atoms with Crippen LogP contribution in [0.4, 0.5) is 0 Å². The van der Waals surface area contributed by atoms with Gasteiger partial charge in [-0.05, 0) is 45.4 Å². The second kappa shape index (κ2) is 5.75. The molecule has 0 spiro atoms. The second-order valence-electron chi connectivity index (χ2n) is 6.12. The molecule has 2 aliphatic carbocycles. The van der Waals surface area contributed by atoms with E-state index < -0.39 is 5.60 Å². The molecule has 0 saturated heterocycles. The molecule has 6 nitrogen and oxygen atoms in total. The van der Waals surface area contributed by atoms with Crippen molar-refractivity contribution in [2.75, 3.05) is 13.7 Å². The van der Waals surface area contributed by atoms with Crippen molar-refractivity contribution in [2.45, 2.75) is 63.5 Å². The Morgan fingerprint density at radius 3 is 2.76 bits per heavy atom. The summed E-state index contributed by atoms with van der Waals surface area (Å²) >= 11 is 0. The van der Waals surface area contributed by atoms with E-state index in [1.165, 1.54) is 0 Å². The first-order valence-electron chi connectivity index (χ1n) is 7.86. The van der Waals surface area contributed by atoms with Crippen LogP contribution in [-0.2, 0) is 16.1 Å². The zero-order chi connectivity index (χ0) is 14.9. The van der Waals surface area contributed by atoms with Crippen molar-refractivity contribution in [3.05, 3.63) is 11.7 Å². The van der Waals surface area contributed by atoms with Gasteiger partial charge in [0.05, 0.1) is 6.54 Å². The Labute approximate surface area is 124 Å². The van der Waals surface area contributed by atoms with Gasteiger partial charge in [-0.15, -0.1) is 0 Å². The highest BCUT2D eigenvalue weighted by atomic mass is 16.5. The van der Waals surface area contributed by atoms with Crippen molar-refractivity contribution >= 4 is 5.91 Å². The van der Waals surface area contributed by atoms with Crippen LogP contribution in [0.15, 0.2) is 4.52 Å². The van der Waals surface area contributed by atoms with Gasteiger partial charge in [0.25, 0.3) is 5.91 Å². The van der Waals surface area contributed by atoms with E-state index in [0.717, 1.165) is 38.5 Å². The predicted molar refractivity (Wildman–Crippen MR) is 75.6 cm³/mol. The van der Waals surface area contributed by atoms with E-state index in [-0.39, 0.29) is 5.91 Å². The number of hydrogen-bond donors (Lipinski definition) is 0. The number of hydrogen-bond acceptors (Lipinski definition) is 5. The van der Waals surface area contributed by atoms with Crippen molar-refractivity contribution in [1.29, 1.82) is 0 Å². The summed E-state index contributed by atoms with van der Waals surface area (Å²) in [7, 11) is 1.79. The molecule has 2 fully saturated rings. The molecular weight excluding hydrogens is 270 g/mol. The van der Waals surface area contributed by atoms with E-state index in [1.807, 2.05) is 6.92 Å². The SMILES string of the molecule is CCOC1(C(=O)N(C)Cc2noc(C3CC3)n2)CCCC1. The third-order valence-corrected chi connectivity index (χ3v) is 4.36. The van der Waals surface area contributed by atoms with Crippen molar-refractivity contribution in [3.63, 3.8) is 0 Å².